The molecule has 0 aromatic heterocycles. The van der Waals surface area contributed by atoms with Crippen LogP contribution in [0.5, 0.6) is 17.2 Å². The molecule has 0 fully saturated rings. The molecule has 11 heteroatoms. The van der Waals surface area contributed by atoms with E-state index in [2.05, 4.69) is 16.0 Å². The van der Waals surface area contributed by atoms with Gasteiger partial charge in [-0.25, -0.2) is 0 Å². The second-order valence-corrected chi connectivity index (χ2v) is 9.21. The number of likely N-dealkylation sites (N-methyl/N-ethyl adjacent to an activating group) is 1. The third-order valence-corrected chi connectivity index (χ3v) is 6.34. The summed E-state index contributed by atoms with van der Waals surface area (Å²) in [7, 11) is 4.75. The van der Waals surface area contributed by atoms with Crippen molar-refractivity contribution in [3.63, 3.8) is 0 Å². The molecule has 2 aromatic carbocycles. The van der Waals surface area contributed by atoms with Crippen molar-refractivity contribution in [2.45, 2.75) is 38.3 Å². The number of fused-ring (bicyclic) bond motifs is 1. The van der Waals surface area contributed by atoms with Gasteiger partial charge in [-0.2, -0.15) is 0 Å². The first kappa shape index (κ1) is 29.3. The summed E-state index contributed by atoms with van der Waals surface area (Å²) in [6, 6.07) is 10.3. The Labute approximate surface area is 228 Å². The molecule has 1 aliphatic heterocycles. The van der Waals surface area contributed by atoms with Gasteiger partial charge in [-0.15, -0.1) is 0 Å². The van der Waals surface area contributed by atoms with Gasteiger partial charge in [0.2, 0.25) is 17.7 Å². The number of hydrogen-bond donors (Lipinski definition) is 3. The maximum absolute atomic E-state index is 13.1. The number of carbonyl (C=O) groups is 4. The third kappa shape index (κ3) is 8.10. The zero-order chi connectivity index (χ0) is 28.4. The van der Waals surface area contributed by atoms with Gasteiger partial charge in [0.15, 0.2) is 11.5 Å². The molecule has 1 heterocycles. The van der Waals surface area contributed by atoms with Gasteiger partial charge in [-0.3, -0.25) is 19.2 Å². The lowest BCUT2D eigenvalue weighted by atomic mass is 10.1. The molecule has 0 unspecified atom stereocenters. The van der Waals surface area contributed by atoms with Crippen molar-refractivity contribution in [3.8, 4) is 17.2 Å². The molecule has 0 saturated heterocycles. The van der Waals surface area contributed by atoms with Crippen LogP contribution in [-0.2, 0) is 20.8 Å². The molecule has 0 aliphatic carbocycles. The van der Waals surface area contributed by atoms with Crippen molar-refractivity contribution in [1.29, 1.82) is 0 Å². The Morgan fingerprint density at radius 1 is 1.08 bits per heavy atom. The lowest BCUT2D eigenvalue weighted by Crippen LogP contribution is -2.52. The predicted octanol–water partition coefficient (Wildman–Crippen LogP) is 1.30. The zero-order valence-electron chi connectivity index (χ0n) is 22.7. The Morgan fingerprint density at radius 2 is 1.82 bits per heavy atom. The molecule has 0 saturated carbocycles. The SMILES string of the molecule is COc1ccc(CCCNC(=O)[C@@H]2CC(=O)N[C@@H](C)C(=O)N(C)CCOc3ccccc3C(=O)N2)cc1OC. The minimum atomic E-state index is -1.16. The van der Waals surface area contributed by atoms with Crippen LogP contribution in [0, 0.1) is 0 Å². The molecule has 3 rings (SSSR count). The molecule has 11 nitrogen and oxygen atoms in total. The summed E-state index contributed by atoms with van der Waals surface area (Å²) in [4.78, 5) is 53.0. The van der Waals surface area contributed by atoms with Gasteiger partial charge in [-0.05, 0) is 49.6 Å². The molecule has 0 spiro atoms. The average Bonchev–Trinajstić information content (AvgIpc) is 2.93. The summed E-state index contributed by atoms with van der Waals surface area (Å²) >= 11 is 0. The van der Waals surface area contributed by atoms with Crippen LogP contribution < -0.4 is 30.2 Å². The number of hydrogen-bond acceptors (Lipinski definition) is 7. The number of nitrogens with one attached hydrogen (secondary N) is 3. The first-order chi connectivity index (χ1) is 18.7. The van der Waals surface area contributed by atoms with Crippen LogP contribution in [0.1, 0.15) is 35.7 Å². The fraction of sp³-hybridized carbons (Fsp3) is 0.429. The van der Waals surface area contributed by atoms with E-state index in [0.717, 1.165) is 5.56 Å². The third-order valence-electron chi connectivity index (χ3n) is 6.34. The summed E-state index contributed by atoms with van der Waals surface area (Å²) in [5.74, 6) is -0.304. The minimum absolute atomic E-state index is 0.150. The van der Waals surface area contributed by atoms with E-state index in [9.17, 15) is 19.2 Å². The van der Waals surface area contributed by atoms with Crippen molar-refractivity contribution >= 4 is 23.6 Å². The van der Waals surface area contributed by atoms with Gasteiger partial charge in [0, 0.05) is 13.6 Å². The molecule has 3 N–H and O–H groups in total. The molecule has 4 amide bonds. The number of benzene rings is 2. The number of nitrogens with zero attached hydrogens (tertiary/aromatic N) is 1. The standard InChI is InChI=1S/C28H36N4O7/c1-18-28(36)32(2)14-15-39-22-10-6-5-9-20(22)26(34)31-21(17-25(33)30-18)27(35)29-13-7-8-19-11-12-23(37-3)24(16-19)38-4/h5-6,9-12,16,18,21H,7-8,13-15,17H2,1-4H3,(H,29,35)(H,30,33)(H,31,34)/t18-,21-/m0/s1. The first-order valence-corrected chi connectivity index (χ1v) is 12.8. The van der Waals surface area contributed by atoms with Crippen molar-refractivity contribution in [3.05, 3.63) is 53.6 Å². The Morgan fingerprint density at radius 3 is 2.56 bits per heavy atom. The number of ether oxygens (including phenoxy) is 3. The molecule has 0 bridgehead atoms. The summed E-state index contributed by atoms with van der Waals surface area (Å²) in [5, 5.41) is 8.08. The Hall–Kier alpha value is -4.28. The Bertz CT molecular complexity index is 1190. The van der Waals surface area contributed by atoms with E-state index in [4.69, 9.17) is 14.2 Å². The fourth-order valence-electron chi connectivity index (χ4n) is 4.17. The second kappa shape index (κ2) is 14.0. The summed E-state index contributed by atoms with van der Waals surface area (Å²) in [6.45, 7) is 2.31. The highest BCUT2D eigenvalue weighted by atomic mass is 16.5. The Kier molecular flexibility index (Phi) is 10.5. The Balaban J connectivity index is 1.70. The molecule has 2 aromatic rings. The number of rotatable bonds is 7. The second-order valence-electron chi connectivity index (χ2n) is 9.21. The fourth-order valence-corrected chi connectivity index (χ4v) is 4.17. The molecule has 2 atom stereocenters. The van der Waals surface area contributed by atoms with Gasteiger partial charge in [0.25, 0.3) is 5.91 Å². The molecular formula is C28H36N4O7. The quantitative estimate of drug-likeness (QED) is 0.451. The van der Waals surface area contributed by atoms with Crippen molar-refractivity contribution in [1.82, 2.24) is 20.9 Å². The van der Waals surface area contributed by atoms with E-state index in [1.165, 1.54) is 4.90 Å². The molecule has 210 valence electrons. The van der Waals surface area contributed by atoms with Gasteiger partial charge in [0.05, 0.1) is 32.7 Å². The molecule has 1 aliphatic rings. The number of methoxy groups -OCH3 is 2. The van der Waals surface area contributed by atoms with Gasteiger partial charge < -0.3 is 35.1 Å². The largest absolute Gasteiger partial charge is 0.493 e. The minimum Gasteiger partial charge on any atom is -0.493 e. The molecule has 0 radical (unpaired) electrons. The van der Waals surface area contributed by atoms with E-state index in [-0.39, 0.29) is 31.0 Å². The molecular weight excluding hydrogens is 504 g/mol. The number of para-hydroxylation sites is 1. The lowest BCUT2D eigenvalue weighted by Gasteiger charge is -2.25. The van der Waals surface area contributed by atoms with E-state index in [1.807, 2.05) is 18.2 Å². The predicted molar refractivity (Wildman–Crippen MR) is 144 cm³/mol. The maximum atomic E-state index is 13.1. The van der Waals surface area contributed by atoms with Crippen LogP contribution in [0.4, 0.5) is 0 Å². The van der Waals surface area contributed by atoms with Gasteiger partial charge in [0.1, 0.15) is 24.4 Å². The van der Waals surface area contributed by atoms with Crippen LogP contribution in [-0.4, -0.2) is 81.6 Å². The summed E-state index contributed by atoms with van der Waals surface area (Å²) in [6.07, 6.45) is 0.941. The van der Waals surface area contributed by atoms with E-state index in [0.29, 0.717) is 36.6 Å². The first-order valence-electron chi connectivity index (χ1n) is 12.8. The monoisotopic (exact) mass is 540 g/mol. The highest BCUT2D eigenvalue weighted by molar-refractivity contribution is 6.01. The summed E-state index contributed by atoms with van der Waals surface area (Å²) < 4.78 is 16.4. The van der Waals surface area contributed by atoms with E-state index in [1.54, 1.807) is 52.5 Å². The zero-order valence-corrected chi connectivity index (χ0v) is 22.7. The van der Waals surface area contributed by atoms with Crippen LogP contribution in [0.15, 0.2) is 42.5 Å². The summed E-state index contributed by atoms with van der Waals surface area (Å²) in [5.41, 5.74) is 1.23. The van der Waals surface area contributed by atoms with E-state index < -0.39 is 29.8 Å². The smallest absolute Gasteiger partial charge is 0.255 e. The topological polar surface area (TPSA) is 135 Å². The molecule has 39 heavy (non-hydrogen) atoms. The van der Waals surface area contributed by atoms with Crippen molar-refractivity contribution < 1.29 is 33.4 Å². The number of amides is 4. The highest BCUT2D eigenvalue weighted by Crippen LogP contribution is 2.28. The van der Waals surface area contributed by atoms with Crippen LogP contribution in [0.2, 0.25) is 0 Å². The van der Waals surface area contributed by atoms with Crippen molar-refractivity contribution in [2.24, 2.45) is 0 Å². The lowest BCUT2D eigenvalue weighted by molar-refractivity contribution is -0.135. The van der Waals surface area contributed by atoms with Crippen molar-refractivity contribution in [2.75, 3.05) is 41.0 Å². The van der Waals surface area contributed by atoms with Crippen LogP contribution in [0.25, 0.3) is 0 Å². The van der Waals surface area contributed by atoms with Gasteiger partial charge in [-0.1, -0.05) is 18.2 Å². The number of aryl methyl sites for hydroxylation is 1. The van der Waals surface area contributed by atoms with Gasteiger partial charge >= 0.3 is 0 Å². The van der Waals surface area contributed by atoms with Crippen LogP contribution in [0.3, 0.4) is 0 Å². The number of carbonyl (C=O) groups excluding carboxylic acids is 4. The highest BCUT2D eigenvalue weighted by Gasteiger charge is 2.28. The normalized spacial score (nSPS) is 18.6. The maximum Gasteiger partial charge on any atom is 0.255 e. The van der Waals surface area contributed by atoms with E-state index >= 15 is 0 Å². The van der Waals surface area contributed by atoms with Crippen LogP contribution >= 0.6 is 0 Å². The average molecular weight is 541 g/mol.